The topological polar surface area (TPSA) is 29.3 Å². The van der Waals surface area contributed by atoms with Crippen molar-refractivity contribution in [2.75, 3.05) is 17.7 Å². The number of halogens is 2. The molecule has 17 heavy (non-hydrogen) atoms. The van der Waals surface area contributed by atoms with Gasteiger partial charge in [0.2, 0.25) is 0 Å². The zero-order valence-corrected chi connectivity index (χ0v) is 10.1. The third-order valence-electron chi connectivity index (χ3n) is 2.61. The molecule has 2 aromatic rings. The van der Waals surface area contributed by atoms with E-state index in [2.05, 4.69) is 0 Å². The predicted octanol–water partition coefficient (Wildman–Crippen LogP) is 3.83. The third kappa shape index (κ3) is 2.19. The van der Waals surface area contributed by atoms with Gasteiger partial charge in [0.1, 0.15) is 5.82 Å². The van der Waals surface area contributed by atoms with Crippen LogP contribution in [0.3, 0.4) is 0 Å². The van der Waals surface area contributed by atoms with Gasteiger partial charge in [0, 0.05) is 7.05 Å². The number of benzene rings is 2. The van der Waals surface area contributed by atoms with Crippen molar-refractivity contribution in [3.05, 3.63) is 53.3 Å². The summed E-state index contributed by atoms with van der Waals surface area (Å²) < 4.78 is 13.6. The molecule has 0 unspecified atom stereocenters. The number of hydrogen-bond acceptors (Lipinski definition) is 2. The van der Waals surface area contributed by atoms with E-state index in [1.807, 2.05) is 0 Å². The summed E-state index contributed by atoms with van der Waals surface area (Å²) in [5, 5.41) is 0.464. The molecule has 0 aliphatic rings. The fourth-order valence-electron chi connectivity index (χ4n) is 1.67. The Kier molecular flexibility index (Phi) is 3.20. The van der Waals surface area contributed by atoms with Crippen LogP contribution < -0.4 is 10.6 Å². The highest BCUT2D eigenvalue weighted by Gasteiger charge is 2.12. The lowest BCUT2D eigenvalue weighted by molar-refractivity contribution is 0.627. The third-order valence-corrected chi connectivity index (χ3v) is 2.93. The van der Waals surface area contributed by atoms with E-state index in [1.54, 1.807) is 48.3 Å². The smallest absolute Gasteiger partial charge is 0.146 e. The average Bonchev–Trinajstić information content (AvgIpc) is 2.32. The Labute approximate surface area is 104 Å². The van der Waals surface area contributed by atoms with Crippen LogP contribution in [0.15, 0.2) is 42.5 Å². The van der Waals surface area contributed by atoms with E-state index in [0.717, 1.165) is 0 Å². The normalized spacial score (nSPS) is 10.3. The summed E-state index contributed by atoms with van der Waals surface area (Å²) >= 11 is 5.94. The van der Waals surface area contributed by atoms with Gasteiger partial charge in [0.25, 0.3) is 0 Å². The van der Waals surface area contributed by atoms with Gasteiger partial charge in [-0.1, -0.05) is 29.8 Å². The molecule has 0 aromatic heterocycles. The first-order chi connectivity index (χ1) is 8.11. The van der Waals surface area contributed by atoms with Crippen LogP contribution in [0.25, 0.3) is 0 Å². The molecule has 0 aliphatic carbocycles. The van der Waals surface area contributed by atoms with Crippen molar-refractivity contribution in [3.8, 4) is 0 Å². The van der Waals surface area contributed by atoms with Crippen LogP contribution in [-0.2, 0) is 0 Å². The lowest BCUT2D eigenvalue weighted by atomic mass is 10.2. The number of hydrogen-bond donors (Lipinski definition) is 1. The van der Waals surface area contributed by atoms with Gasteiger partial charge in [-0.25, -0.2) is 4.39 Å². The molecule has 0 saturated carbocycles. The summed E-state index contributed by atoms with van der Waals surface area (Å²) in [4.78, 5) is 1.68. The van der Waals surface area contributed by atoms with Gasteiger partial charge < -0.3 is 10.6 Å². The molecule has 88 valence electrons. The minimum absolute atomic E-state index is 0.297. The molecular formula is C13H12ClFN2. The van der Waals surface area contributed by atoms with Crippen LogP contribution in [-0.4, -0.2) is 7.05 Å². The lowest BCUT2D eigenvalue weighted by Crippen LogP contribution is -2.13. The molecule has 2 aromatic carbocycles. The van der Waals surface area contributed by atoms with Gasteiger partial charge in [-0.2, -0.15) is 0 Å². The van der Waals surface area contributed by atoms with Crippen LogP contribution in [0, 0.1) is 5.82 Å². The predicted molar refractivity (Wildman–Crippen MR) is 70.3 cm³/mol. The summed E-state index contributed by atoms with van der Waals surface area (Å²) in [7, 11) is 1.75. The average molecular weight is 251 g/mol. The van der Waals surface area contributed by atoms with Crippen molar-refractivity contribution in [1.82, 2.24) is 0 Å². The van der Waals surface area contributed by atoms with E-state index in [0.29, 0.717) is 22.1 Å². The van der Waals surface area contributed by atoms with E-state index in [1.165, 1.54) is 6.07 Å². The van der Waals surface area contributed by atoms with Gasteiger partial charge >= 0.3 is 0 Å². The van der Waals surface area contributed by atoms with Gasteiger partial charge in [0.05, 0.1) is 22.1 Å². The largest absolute Gasteiger partial charge is 0.396 e. The zero-order valence-electron chi connectivity index (χ0n) is 9.32. The van der Waals surface area contributed by atoms with Gasteiger partial charge in [-0.05, 0) is 24.3 Å². The number of rotatable bonds is 2. The molecule has 0 fully saturated rings. The Hall–Kier alpha value is -1.74. The second kappa shape index (κ2) is 4.63. The Morgan fingerprint density at radius 2 is 1.71 bits per heavy atom. The van der Waals surface area contributed by atoms with Gasteiger partial charge in [0.15, 0.2) is 0 Å². The van der Waals surface area contributed by atoms with Crippen molar-refractivity contribution < 1.29 is 4.39 Å². The summed E-state index contributed by atoms with van der Waals surface area (Å²) in [6, 6.07) is 11.8. The highest BCUT2D eigenvalue weighted by atomic mass is 35.5. The molecule has 0 radical (unpaired) electrons. The highest BCUT2D eigenvalue weighted by Crippen LogP contribution is 2.34. The van der Waals surface area contributed by atoms with Crippen molar-refractivity contribution in [3.63, 3.8) is 0 Å². The first-order valence-electron chi connectivity index (χ1n) is 5.13. The quantitative estimate of drug-likeness (QED) is 0.821. The Balaban J connectivity index is 2.48. The number of anilines is 3. The monoisotopic (exact) mass is 250 g/mol. The summed E-state index contributed by atoms with van der Waals surface area (Å²) in [5.74, 6) is -0.297. The van der Waals surface area contributed by atoms with E-state index in [4.69, 9.17) is 17.3 Å². The molecule has 0 saturated heterocycles. The SMILES string of the molecule is CN(c1ccccc1F)c1cccc(Cl)c1N. The molecule has 2 nitrogen and oxygen atoms in total. The van der Waals surface area contributed by atoms with Crippen LogP contribution in [0.5, 0.6) is 0 Å². The minimum Gasteiger partial charge on any atom is -0.396 e. The maximum Gasteiger partial charge on any atom is 0.146 e. The first-order valence-corrected chi connectivity index (χ1v) is 5.51. The minimum atomic E-state index is -0.297. The molecule has 0 spiro atoms. The van der Waals surface area contributed by atoms with E-state index < -0.39 is 0 Å². The van der Waals surface area contributed by atoms with Crippen molar-refractivity contribution in [2.24, 2.45) is 0 Å². The Bertz CT molecular complexity index is 543. The molecule has 0 bridgehead atoms. The van der Waals surface area contributed by atoms with Crippen LogP contribution >= 0.6 is 11.6 Å². The molecule has 4 heteroatoms. The summed E-state index contributed by atoms with van der Waals surface area (Å²) in [6.07, 6.45) is 0. The Morgan fingerprint density at radius 1 is 1.06 bits per heavy atom. The van der Waals surface area contributed by atoms with Crippen molar-refractivity contribution >= 4 is 28.7 Å². The van der Waals surface area contributed by atoms with E-state index >= 15 is 0 Å². The van der Waals surface area contributed by atoms with Crippen LogP contribution in [0.2, 0.25) is 5.02 Å². The summed E-state index contributed by atoms with van der Waals surface area (Å²) in [6.45, 7) is 0. The molecular weight excluding hydrogens is 239 g/mol. The Morgan fingerprint density at radius 3 is 2.41 bits per heavy atom. The second-order valence-corrected chi connectivity index (χ2v) is 4.09. The lowest BCUT2D eigenvalue weighted by Gasteiger charge is -2.22. The number of nitrogens with zero attached hydrogens (tertiary/aromatic N) is 1. The maximum absolute atomic E-state index is 13.6. The van der Waals surface area contributed by atoms with Gasteiger partial charge in [-0.3, -0.25) is 0 Å². The van der Waals surface area contributed by atoms with Gasteiger partial charge in [-0.15, -0.1) is 0 Å². The standard InChI is InChI=1S/C13H12ClFN2/c1-17(11-7-3-2-6-10(11)15)12-8-4-5-9(14)13(12)16/h2-8H,16H2,1H3. The fourth-order valence-corrected chi connectivity index (χ4v) is 1.84. The number of para-hydroxylation sites is 2. The number of nitrogens with two attached hydrogens (primary N) is 1. The molecule has 0 atom stereocenters. The highest BCUT2D eigenvalue weighted by molar-refractivity contribution is 6.33. The molecule has 0 aliphatic heterocycles. The van der Waals surface area contributed by atoms with E-state index in [-0.39, 0.29) is 5.82 Å². The molecule has 0 amide bonds. The first kappa shape index (κ1) is 11.7. The zero-order chi connectivity index (χ0) is 12.4. The van der Waals surface area contributed by atoms with Crippen molar-refractivity contribution in [2.45, 2.75) is 0 Å². The fraction of sp³-hybridized carbons (Fsp3) is 0.0769. The van der Waals surface area contributed by atoms with E-state index in [9.17, 15) is 4.39 Å². The molecule has 2 rings (SSSR count). The van der Waals surface area contributed by atoms with Crippen molar-refractivity contribution in [1.29, 1.82) is 0 Å². The second-order valence-electron chi connectivity index (χ2n) is 3.68. The summed E-state index contributed by atoms with van der Waals surface area (Å²) in [5.41, 5.74) is 7.46. The molecule has 0 heterocycles. The van der Waals surface area contributed by atoms with Crippen LogP contribution in [0.4, 0.5) is 21.5 Å². The number of nitrogen functional groups attached to an aromatic ring is 1. The molecule has 2 N–H and O–H groups in total. The van der Waals surface area contributed by atoms with Crippen LogP contribution in [0.1, 0.15) is 0 Å². The maximum atomic E-state index is 13.6.